The molecule has 1 fully saturated rings. The lowest BCUT2D eigenvalue weighted by molar-refractivity contribution is -0.130. The number of carbonyl (C=O) groups is 2. The van der Waals surface area contributed by atoms with Gasteiger partial charge in [0.05, 0.1) is 6.42 Å². The largest absolute Gasteiger partial charge is 0.367 e. The summed E-state index contributed by atoms with van der Waals surface area (Å²) in [6.45, 7) is 0. The highest BCUT2D eigenvalue weighted by atomic mass is 16.1. The van der Waals surface area contributed by atoms with Crippen molar-refractivity contribution < 1.29 is 9.59 Å². The van der Waals surface area contributed by atoms with Gasteiger partial charge in [-0.05, 0) is 17.5 Å². The number of rotatable bonds is 1. The molecule has 0 bridgehead atoms. The zero-order valence-corrected chi connectivity index (χ0v) is 7.25. The van der Waals surface area contributed by atoms with Crippen LogP contribution in [0.5, 0.6) is 0 Å². The SMILES string of the molecule is O=C1CC(=O)CC(c2cc[nH]c2)C1. The number of ketones is 2. The summed E-state index contributed by atoms with van der Waals surface area (Å²) < 4.78 is 0. The summed E-state index contributed by atoms with van der Waals surface area (Å²) in [7, 11) is 0. The quantitative estimate of drug-likeness (QED) is 0.659. The maximum Gasteiger partial charge on any atom is 0.140 e. The molecule has 1 saturated carbocycles. The highest BCUT2D eigenvalue weighted by Crippen LogP contribution is 2.28. The van der Waals surface area contributed by atoms with Crippen LogP contribution in [0.4, 0.5) is 0 Å². The third-order valence-electron chi connectivity index (χ3n) is 2.44. The second-order valence-electron chi connectivity index (χ2n) is 3.50. The normalized spacial score (nSPS) is 19.4. The van der Waals surface area contributed by atoms with Gasteiger partial charge in [-0.1, -0.05) is 0 Å². The van der Waals surface area contributed by atoms with Gasteiger partial charge in [-0.3, -0.25) is 9.59 Å². The number of hydrogen-bond donors (Lipinski definition) is 1. The molecule has 0 atom stereocenters. The van der Waals surface area contributed by atoms with Gasteiger partial charge in [0.15, 0.2) is 0 Å². The van der Waals surface area contributed by atoms with E-state index in [4.69, 9.17) is 0 Å². The highest BCUT2D eigenvalue weighted by Gasteiger charge is 2.26. The Morgan fingerprint density at radius 3 is 2.46 bits per heavy atom. The first-order chi connectivity index (χ1) is 6.25. The standard InChI is InChI=1S/C10H11NO2/c12-9-3-8(4-10(13)5-9)7-1-2-11-6-7/h1-2,6,8,11H,3-5H2. The second-order valence-corrected chi connectivity index (χ2v) is 3.50. The molecule has 1 N–H and O–H groups in total. The molecule has 0 unspecified atom stereocenters. The highest BCUT2D eigenvalue weighted by molar-refractivity contribution is 6.02. The van der Waals surface area contributed by atoms with Crippen LogP contribution < -0.4 is 0 Å². The minimum atomic E-state index is 0.0717. The molecular weight excluding hydrogens is 166 g/mol. The Balaban J connectivity index is 2.16. The Labute approximate surface area is 76.1 Å². The Morgan fingerprint density at radius 2 is 1.92 bits per heavy atom. The Kier molecular flexibility index (Phi) is 2.00. The predicted molar refractivity (Wildman–Crippen MR) is 47.4 cm³/mol. The molecule has 0 spiro atoms. The molecule has 1 aliphatic carbocycles. The minimum absolute atomic E-state index is 0.0717. The third-order valence-corrected chi connectivity index (χ3v) is 2.44. The Morgan fingerprint density at radius 1 is 1.23 bits per heavy atom. The molecule has 1 aromatic heterocycles. The summed E-state index contributed by atoms with van der Waals surface area (Å²) >= 11 is 0. The van der Waals surface area contributed by atoms with Gasteiger partial charge in [0, 0.05) is 25.2 Å². The fraction of sp³-hybridized carbons (Fsp3) is 0.400. The van der Waals surface area contributed by atoms with Crippen molar-refractivity contribution in [2.75, 3.05) is 0 Å². The van der Waals surface area contributed by atoms with Gasteiger partial charge >= 0.3 is 0 Å². The van der Waals surface area contributed by atoms with Crippen LogP contribution in [0.3, 0.4) is 0 Å². The number of aromatic amines is 1. The van der Waals surface area contributed by atoms with E-state index >= 15 is 0 Å². The summed E-state index contributed by atoms with van der Waals surface area (Å²) in [5, 5.41) is 0. The van der Waals surface area contributed by atoms with Crippen molar-refractivity contribution in [3.05, 3.63) is 24.0 Å². The van der Waals surface area contributed by atoms with Gasteiger partial charge in [-0.25, -0.2) is 0 Å². The topological polar surface area (TPSA) is 49.9 Å². The first-order valence-corrected chi connectivity index (χ1v) is 4.42. The van der Waals surface area contributed by atoms with Crippen LogP contribution in [0.15, 0.2) is 18.5 Å². The monoisotopic (exact) mass is 177 g/mol. The molecule has 0 radical (unpaired) electrons. The molecule has 3 nitrogen and oxygen atoms in total. The van der Waals surface area contributed by atoms with Crippen molar-refractivity contribution in [3.63, 3.8) is 0 Å². The van der Waals surface area contributed by atoms with Gasteiger partial charge in [0.25, 0.3) is 0 Å². The number of hydrogen-bond acceptors (Lipinski definition) is 2. The van der Waals surface area contributed by atoms with E-state index in [0.29, 0.717) is 12.8 Å². The maximum absolute atomic E-state index is 11.1. The van der Waals surface area contributed by atoms with E-state index in [-0.39, 0.29) is 23.9 Å². The minimum Gasteiger partial charge on any atom is -0.367 e. The summed E-state index contributed by atoms with van der Waals surface area (Å²) in [5.41, 5.74) is 1.07. The van der Waals surface area contributed by atoms with Gasteiger partial charge in [-0.15, -0.1) is 0 Å². The van der Waals surface area contributed by atoms with Gasteiger partial charge < -0.3 is 4.98 Å². The molecule has 0 saturated heterocycles. The van der Waals surface area contributed by atoms with E-state index in [1.807, 2.05) is 18.5 Å². The lowest BCUT2D eigenvalue weighted by atomic mass is 9.84. The first kappa shape index (κ1) is 8.23. The van der Waals surface area contributed by atoms with Crippen LogP contribution in [0.2, 0.25) is 0 Å². The summed E-state index contributed by atoms with van der Waals surface area (Å²) in [6, 6.07) is 1.93. The zero-order chi connectivity index (χ0) is 9.26. The van der Waals surface area contributed by atoms with Crippen LogP contribution in [-0.2, 0) is 9.59 Å². The smallest absolute Gasteiger partial charge is 0.140 e. The number of carbonyl (C=O) groups excluding carboxylic acids is 2. The first-order valence-electron chi connectivity index (χ1n) is 4.42. The Hall–Kier alpha value is -1.38. The number of nitrogens with one attached hydrogen (secondary N) is 1. The second kappa shape index (κ2) is 3.17. The van der Waals surface area contributed by atoms with Crippen molar-refractivity contribution in [3.8, 4) is 0 Å². The molecule has 1 heterocycles. The van der Waals surface area contributed by atoms with Crippen molar-refractivity contribution in [2.24, 2.45) is 0 Å². The molecule has 68 valence electrons. The van der Waals surface area contributed by atoms with E-state index < -0.39 is 0 Å². The van der Waals surface area contributed by atoms with Crippen molar-refractivity contribution in [2.45, 2.75) is 25.2 Å². The van der Waals surface area contributed by atoms with E-state index in [1.54, 1.807) is 0 Å². The van der Waals surface area contributed by atoms with Crippen LogP contribution in [0.1, 0.15) is 30.7 Å². The summed E-state index contributed by atoms with van der Waals surface area (Å²) in [5.74, 6) is 0.255. The predicted octanol–water partition coefficient (Wildman–Crippen LogP) is 1.42. The molecule has 0 aliphatic heterocycles. The summed E-state index contributed by atoms with van der Waals surface area (Å²) in [4.78, 5) is 25.2. The van der Waals surface area contributed by atoms with E-state index in [9.17, 15) is 9.59 Å². The van der Waals surface area contributed by atoms with E-state index in [2.05, 4.69) is 4.98 Å². The lowest BCUT2D eigenvalue weighted by Crippen LogP contribution is -2.20. The molecule has 1 aliphatic rings. The third kappa shape index (κ3) is 1.69. The average molecular weight is 177 g/mol. The fourth-order valence-electron chi connectivity index (χ4n) is 1.81. The molecule has 3 heteroatoms. The van der Waals surface area contributed by atoms with Crippen molar-refractivity contribution in [1.29, 1.82) is 0 Å². The molecule has 0 aromatic carbocycles. The lowest BCUT2D eigenvalue weighted by Gasteiger charge is -2.18. The number of H-pyrrole nitrogens is 1. The van der Waals surface area contributed by atoms with Gasteiger partial charge in [-0.2, -0.15) is 0 Å². The Bertz CT molecular complexity index is 311. The van der Waals surface area contributed by atoms with Crippen molar-refractivity contribution >= 4 is 11.6 Å². The van der Waals surface area contributed by atoms with Gasteiger partial charge in [0.1, 0.15) is 11.6 Å². The zero-order valence-electron chi connectivity index (χ0n) is 7.25. The van der Waals surface area contributed by atoms with E-state index in [1.165, 1.54) is 0 Å². The molecular formula is C10H11NO2. The molecule has 0 amide bonds. The van der Waals surface area contributed by atoms with Crippen LogP contribution in [0.25, 0.3) is 0 Å². The maximum atomic E-state index is 11.1. The molecule has 13 heavy (non-hydrogen) atoms. The molecule has 2 rings (SSSR count). The average Bonchev–Trinajstić information content (AvgIpc) is 2.53. The summed E-state index contributed by atoms with van der Waals surface area (Å²) in [6.07, 6.45) is 4.85. The number of Topliss-reactive ketones (excluding diaryl/α,β-unsaturated/α-hetero) is 2. The van der Waals surface area contributed by atoms with Crippen LogP contribution in [0, 0.1) is 0 Å². The fourth-order valence-corrected chi connectivity index (χ4v) is 1.81. The van der Waals surface area contributed by atoms with Crippen LogP contribution >= 0.6 is 0 Å². The van der Waals surface area contributed by atoms with E-state index in [0.717, 1.165) is 5.56 Å². The number of aromatic nitrogens is 1. The van der Waals surface area contributed by atoms with Gasteiger partial charge in [0.2, 0.25) is 0 Å². The van der Waals surface area contributed by atoms with Crippen LogP contribution in [-0.4, -0.2) is 16.6 Å². The molecule has 1 aromatic rings. The van der Waals surface area contributed by atoms with Crippen molar-refractivity contribution in [1.82, 2.24) is 4.98 Å².